The molecule has 19 heteroatoms. The molecule has 4 aliphatic rings. The van der Waals surface area contributed by atoms with E-state index in [-0.39, 0.29) is 60.1 Å². The van der Waals surface area contributed by atoms with Gasteiger partial charge in [-0.25, -0.2) is 22.6 Å². The Morgan fingerprint density at radius 2 is 1.85 bits per heavy atom. The quantitative estimate of drug-likeness (QED) is 0.198. The maximum absolute atomic E-state index is 15.1. The molecule has 7 atom stereocenters. The summed E-state index contributed by atoms with van der Waals surface area (Å²) in [4.78, 5) is 61.9. The Labute approximate surface area is 340 Å². The summed E-state index contributed by atoms with van der Waals surface area (Å²) in [6.45, 7) is 6.31. The molecule has 4 amide bonds. The number of allylic oxidation sites excluding steroid dienone is 1. The van der Waals surface area contributed by atoms with Crippen LogP contribution in [0.5, 0.6) is 11.6 Å². The van der Waals surface area contributed by atoms with Crippen molar-refractivity contribution in [3.63, 3.8) is 0 Å². The van der Waals surface area contributed by atoms with E-state index in [4.69, 9.17) is 9.47 Å². The fraction of sp³-hybridized carbons (Fsp3) is 0.625. The number of benzene rings is 1. The largest absolute Gasteiger partial charge is 0.491 e. The van der Waals surface area contributed by atoms with Crippen LogP contribution in [0.15, 0.2) is 36.5 Å². The topological polar surface area (TPSA) is 185 Å². The van der Waals surface area contributed by atoms with Crippen molar-refractivity contribution in [3.05, 3.63) is 42.4 Å². The highest BCUT2D eigenvalue weighted by molar-refractivity contribution is 7.91. The van der Waals surface area contributed by atoms with Crippen LogP contribution in [0.1, 0.15) is 86.0 Å². The van der Waals surface area contributed by atoms with Crippen LogP contribution >= 0.6 is 0 Å². The van der Waals surface area contributed by atoms with E-state index in [1.165, 1.54) is 12.3 Å². The van der Waals surface area contributed by atoms with Gasteiger partial charge in [-0.15, -0.1) is 0 Å². The molecule has 324 valence electrons. The molecular weight excluding hydrogens is 803 g/mol. The van der Waals surface area contributed by atoms with Crippen LogP contribution in [0, 0.1) is 23.6 Å². The number of rotatable bonds is 10. The smallest absolute Gasteiger partial charge is 0.411 e. The molecule has 0 bridgehead atoms. The zero-order valence-electron chi connectivity index (χ0n) is 33.6. The molecule has 2 aliphatic carbocycles. The minimum Gasteiger partial charge on any atom is -0.491 e. The lowest BCUT2D eigenvalue weighted by atomic mass is 9.82. The molecule has 1 aromatic carbocycles. The number of pyridine rings is 1. The third-order valence-electron chi connectivity index (χ3n) is 12.1. The van der Waals surface area contributed by atoms with E-state index in [2.05, 4.69) is 15.0 Å². The number of carbonyl (C=O) groups is 4. The SMILES string of the molecule is CCOc1cc2ccnc(O[C@@H]3C[C@H]4C(=O)N[C@]5(C(=O)NS(=O)(=O)C6CC6)C[C@H]5/C=C\CC[C@H](C)C[C@@H](CC)[C@H](N(C(=O)O)C(C)(C)C(F)(F)F)C(=O)N4C3)c2cc1F. The molecule has 0 unspecified atom stereocenters. The number of hydrogen-bond donors (Lipinski definition) is 3. The molecule has 3 heterocycles. The molecule has 0 spiro atoms. The molecule has 59 heavy (non-hydrogen) atoms. The molecule has 3 N–H and O–H groups in total. The number of carboxylic acid groups (broad SMARTS) is 1. The number of aromatic nitrogens is 1. The zero-order chi connectivity index (χ0) is 43.2. The molecule has 0 radical (unpaired) electrons. The first-order valence-electron chi connectivity index (χ1n) is 20.0. The predicted octanol–water partition coefficient (Wildman–Crippen LogP) is 5.70. The highest BCUT2D eigenvalue weighted by Crippen LogP contribution is 2.47. The maximum atomic E-state index is 15.1. The Morgan fingerprint density at radius 3 is 2.47 bits per heavy atom. The van der Waals surface area contributed by atoms with Crippen LogP contribution in [0.2, 0.25) is 0 Å². The van der Waals surface area contributed by atoms with E-state index < -0.39 is 98.7 Å². The fourth-order valence-corrected chi connectivity index (χ4v) is 9.70. The summed E-state index contributed by atoms with van der Waals surface area (Å²) >= 11 is 0. The summed E-state index contributed by atoms with van der Waals surface area (Å²) in [6.07, 6.45) is -1.63. The van der Waals surface area contributed by atoms with E-state index in [0.717, 1.165) is 11.0 Å². The summed E-state index contributed by atoms with van der Waals surface area (Å²) < 4.78 is 99.0. The highest BCUT2D eigenvalue weighted by Gasteiger charge is 2.63. The van der Waals surface area contributed by atoms with Gasteiger partial charge in [0.05, 0.1) is 18.4 Å². The van der Waals surface area contributed by atoms with E-state index in [0.29, 0.717) is 44.9 Å². The van der Waals surface area contributed by atoms with Crippen LogP contribution in [-0.2, 0) is 24.4 Å². The number of ether oxygens (including phenoxy) is 2. The molecular formula is C40H51F4N5O9S. The molecule has 2 saturated carbocycles. The molecule has 1 saturated heterocycles. The molecule has 2 aliphatic heterocycles. The Kier molecular flexibility index (Phi) is 12.2. The maximum Gasteiger partial charge on any atom is 0.411 e. The minimum absolute atomic E-state index is 0.0158. The van der Waals surface area contributed by atoms with Gasteiger partial charge in [0.1, 0.15) is 29.3 Å². The average Bonchev–Trinajstić information content (AvgIpc) is 4.08. The standard InChI is InChI=1S/C40H51F4N5O9S/c1-6-23-16-22(3)10-8-9-11-25-20-39(25,36(52)47-59(55,56)27-12-13-27)46-33(50)30-18-26(58-34-28-19-29(41)31(57-7-2)17-24(28)14-15-45-34)21-48(30)35(51)32(23)49(37(53)54)38(4,5)40(42,43)44/h9,11,14-15,17,19,22-23,25-27,30,32H,6-8,10,12-13,16,18,20-21H2,1-5H3,(H,46,50)(H,47,52)(H,53,54)/b11-9-/t22-,23+,25+,26+,30-,32-,39+/m0/s1. The van der Waals surface area contributed by atoms with Crippen LogP contribution in [0.4, 0.5) is 22.4 Å². The van der Waals surface area contributed by atoms with Gasteiger partial charge in [-0.2, -0.15) is 13.2 Å². The number of carbonyl (C=O) groups excluding carboxylic acids is 3. The van der Waals surface area contributed by atoms with Gasteiger partial charge in [-0.05, 0) is 94.7 Å². The lowest BCUT2D eigenvalue weighted by Crippen LogP contribution is -2.66. The monoisotopic (exact) mass is 853 g/mol. The van der Waals surface area contributed by atoms with E-state index >= 15 is 9.18 Å². The Hall–Kier alpha value is -4.68. The van der Waals surface area contributed by atoms with Crippen LogP contribution in [0.3, 0.4) is 0 Å². The number of amides is 4. The summed E-state index contributed by atoms with van der Waals surface area (Å²) in [7, 11) is -4.05. The van der Waals surface area contributed by atoms with E-state index in [1.807, 2.05) is 6.92 Å². The van der Waals surface area contributed by atoms with Gasteiger partial charge in [0.15, 0.2) is 11.6 Å². The van der Waals surface area contributed by atoms with E-state index in [1.54, 1.807) is 32.1 Å². The fourth-order valence-electron chi connectivity index (χ4n) is 8.34. The van der Waals surface area contributed by atoms with Crippen LogP contribution in [-0.4, -0.2) is 106 Å². The van der Waals surface area contributed by atoms with Gasteiger partial charge in [0.25, 0.3) is 5.91 Å². The molecule has 14 nitrogen and oxygen atoms in total. The molecule has 1 aromatic heterocycles. The first-order chi connectivity index (χ1) is 27.6. The van der Waals surface area contributed by atoms with Gasteiger partial charge in [-0.1, -0.05) is 32.4 Å². The van der Waals surface area contributed by atoms with Crippen LogP contribution < -0.4 is 19.5 Å². The second-order valence-electron chi connectivity index (χ2n) is 16.7. The first-order valence-corrected chi connectivity index (χ1v) is 21.5. The highest BCUT2D eigenvalue weighted by atomic mass is 32.2. The number of nitrogens with one attached hydrogen (secondary N) is 2. The van der Waals surface area contributed by atoms with Crippen molar-refractivity contribution in [2.75, 3.05) is 13.2 Å². The van der Waals surface area contributed by atoms with Gasteiger partial charge < -0.3 is 24.8 Å². The lowest BCUT2D eigenvalue weighted by Gasteiger charge is -2.46. The summed E-state index contributed by atoms with van der Waals surface area (Å²) in [6, 6.07) is 0.730. The number of fused-ring (bicyclic) bond motifs is 3. The first kappa shape index (κ1) is 43.9. The number of sulfonamides is 1. The van der Waals surface area contributed by atoms with E-state index in [9.17, 15) is 41.1 Å². The van der Waals surface area contributed by atoms with Crippen molar-refractivity contribution < 1.29 is 59.7 Å². The van der Waals surface area contributed by atoms with Gasteiger partial charge >= 0.3 is 12.3 Å². The van der Waals surface area contributed by atoms with Crippen molar-refractivity contribution in [1.82, 2.24) is 24.8 Å². The van der Waals surface area contributed by atoms with Crippen molar-refractivity contribution in [2.45, 2.75) is 127 Å². The van der Waals surface area contributed by atoms with Crippen molar-refractivity contribution in [2.24, 2.45) is 17.8 Å². The number of nitrogens with zero attached hydrogens (tertiary/aromatic N) is 3. The average molecular weight is 854 g/mol. The number of alkyl halides is 3. The predicted molar refractivity (Wildman–Crippen MR) is 206 cm³/mol. The van der Waals surface area contributed by atoms with Crippen LogP contribution in [0.25, 0.3) is 10.8 Å². The lowest BCUT2D eigenvalue weighted by molar-refractivity contribution is -0.222. The second-order valence-corrected chi connectivity index (χ2v) is 18.6. The number of hydrogen-bond acceptors (Lipinski definition) is 9. The third-order valence-corrected chi connectivity index (χ3v) is 13.9. The normalized spacial score (nSPS) is 28.7. The summed E-state index contributed by atoms with van der Waals surface area (Å²) in [5.74, 6) is -5.55. The molecule has 3 fully saturated rings. The number of halogens is 4. The van der Waals surface area contributed by atoms with Crippen molar-refractivity contribution in [1.29, 1.82) is 0 Å². The third kappa shape index (κ3) is 8.80. The Bertz CT molecular complexity index is 2110. The molecule has 2 aromatic rings. The summed E-state index contributed by atoms with van der Waals surface area (Å²) in [5.41, 5.74) is -4.80. The van der Waals surface area contributed by atoms with Crippen molar-refractivity contribution in [3.8, 4) is 11.6 Å². The van der Waals surface area contributed by atoms with Crippen molar-refractivity contribution >= 4 is 44.6 Å². The zero-order valence-corrected chi connectivity index (χ0v) is 34.4. The summed E-state index contributed by atoms with van der Waals surface area (Å²) in [5, 5.41) is 13.2. The van der Waals surface area contributed by atoms with Gasteiger partial charge in [0, 0.05) is 23.9 Å². The Morgan fingerprint density at radius 1 is 1.14 bits per heavy atom. The minimum atomic E-state index is -5.12. The van der Waals surface area contributed by atoms with Gasteiger partial charge in [-0.3, -0.25) is 24.0 Å². The Balaban J connectivity index is 1.44. The second kappa shape index (κ2) is 16.4. The molecule has 6 rings (SSSR count). The van der Waals surface area contributed by atoms with Gasteiger partial charge in [0.2, 0.25) is 27.7 Å².